The van der Waals surface area contributed by atoms with E-state index in [-0.39, 0.29) is 19.1 Å². The highest BCUT2D eigenvalue weighted by atomic mass is 35.5. The second-order valence-corrected chi connectivity index (χ2v) is 9.96. The van der Waals surface area contributed by atoms with Gasteiger partial charge in [0.2, 0.25) is 5.91 Å². The van der Waals surface area contributed by atoms with Crippen molar-refractivity contribution in [2.45, 2.75) is 32.7 Å². The van der Waals surface area contributed by atoms with Crippen LogP contribution in [0.15, 0.2) is 78.9 Å². The summed E-state index contributed by atoms with van der Waals surface area (Å²) in [5.74, 6) is -0.635. The molecule has 1 heterocycles. The lowest BCUT2D eigenvalue weighted by atomic mass is 9.78. The number of ether oxygens (including phenoxy) is 1. The number of rotatable bonds is 8. The van der Waals surface area contributed by atoms with Crippen LogP contribution < -0.4 is 10.6 Å². The number of halogens is 1. The second kappa shape index (κ2) is 12.1. The molecule has 3 amide bonds. The smallest absolute Gasteiger partial charge is 0.414 e. The van der Waals surface area contributed by atoms with E-state index in [1.54, 1.807) is 23.1 Å². The Morgan fingerprint density at radius 1 is 0.947 bits per heavy atom. The molecule has 0 aromatic heterocycles. The number of likely N-dealkylation sites (tertiary alicyclic amines) is 1. The topological polar surface area (TPSA) is 92.9 Å². The van der Waals surface area contributed by atoms with E-state index in [4.69, 9.17) is 22.1 Å². The summed E-state index contributed by atoms with van der Waals surface area (Å²) in [4.78, 5) is 42.1. The third-order valence-electron chi connectivity index (χ3n) is 7.19. The van der Waals surface area contributed by atoms with Gasteiger partial charge in [0, 0.05) is 29.4 Å². The van der Waals surface area contributed by atoms with Gasteiger partial charge >= 0.3 is 6.09 Å². The number of hydrogen-bond donors (Lipinski definition) is 1. The van der Waals surface area contributed by atoms with E-state index < -0.39 is 17.4 Å². The normalized spacial score (nSPS) is 14.5. The minimum Gasteiger partial charge on any atom is -0.448 e. The van der Waals surface area contributed by atoms with Crippen molar-refractivity contribution >= 4 is 35.2 Å². The summed E-state index contributed by atoms with van der Waals surface area (Å²) in [6.45, 7) is 2.78. The molecule has 0 atom stereocenters. The zero-order chi connectivity index (χ0) is 27.1. The molecule has 0 bridgehead atoms. The average Bonchev–Trinajstić information content (AvgIpc) is 2.96. The van der Waals surface area contributed by atoms with Gasteiger partial charge in [-0.2, -0.15) is 0 Å². The Morgan fingerprint density at radius 3 is 2.18 bits per heavy atom. The first kappa shape index (κ1) is 27.2. The number of nitrogens with zero attached hydrogens (tertiary/aromatic N) is 2. The highest BCUT2D eigenvalue weighted by Gasteiger charge is 2.42. The molecule has 3 aromatic rings. The van der Waals surface area contributed by atoms with E-state index in [9.17, 15) is 14.4 Å². The molecule has 38 heavy (non-hydrogen) atoms. The Balaban J connectivity index is 1.48. The first-order chi connectivity index (χ1) is 18.3. The van der Waals surface area contributed by atoms with Gasteiger partial charge in [0.1, 0.15) is 6.61 Å². The van der Waals surface area contributed by atoms with Crippen molar-refractivity contribution in [3.05, 3.63) is 101 Å². The van der Waals surface area contributed by atoms with Crippen LogP contribution in [0.1, 0.15) is 41.3 Å². The van der Waals surface area contributed by atoms with Gasteiger partial charge in [-0.15, -0.1) is 0 Å². The number of nitrogens with two attached hydrogens (primary N) is 1. The predicted molar refractivity (Wildman–Crippen MR) is 148 cm³/mol. The molecule has 198 valence electrons. The van der Waals surface area contributed by atoms with Gasteiger partial charge in [-0.3, -0.25) is 14.5 Å². The van der Waals surface area contributed by atoms with E-state index in [1.165, 1.54) is 4.90 Å². The summed E-state index contributed by atoms with van der Waals surface area (Å²) >= 11 is 6.38. The first-order valence-electron chi connectivity index (χ1n) is 12.7. The third kappa shape index (κ3) is 6.17. The number of amides is 3. The van der Waals surface area contributed by atoms with Crippen LogP contribution in [-0.4, -0.2) is 42.5 Å². The van der Waals surface area contributed by atoms with Crippen LogP contribution in [-0.2, 0) is 22.5 Å². The lowest BCUT2D eigenvalue weighted by molar-refractivity contribution is -0.133. The molecule has 1 fully saturated rings. The summed E-state index contributed by atoms with van der Waals surface area (Å²) in [6.07, 6.45) is 0.895. The molecular formula is C30H32ClN3O4. The molecule has 4 rings (SSSR count). The lowest BCUT2D eigenvalue weighted by Crippen LogP contribution is -2.51. The molecular weight excluding hydrogens is 502 g/mol. The molecule has 0 spiro atoms. The fourth-order valence-electron chi connectivity index (χ4n) is 4.61. The summed E-state index contributed by atoms with van der Waals surface area (Å²) in [7, 11) is 0. The Hall–Kier alpha value is -3.84. The average molecular weight is 534 g/mol. The molecule has 7 nitrogen and oxygen atoms in total. The Morgan fingerprint density at radius 2 is 1.58 bits per heavy atom. The predicted octanol–water partition coefficient (Wildman–Crippen LogP) is 5.45. The van der Waals surface area contributed by atoms with Crippen LogP contribution in [0.25, 0.3) is 0 Å². The Kier molecular flexibility index (Phi) is 8.69. The van der Waals surface area contributed by atoms with Crippen molar-refractivity contribution in [1.29, 1.82) is 0 Å². The number of anilines is 1. The van der Waals surface area contributed by atoms with Crippen molar-refractivity contribution in [3.8, 4) is 0 Å². The fourth-order valence-corrected chi connectivity index (χ4v) is 4.81. The molecule has 0 radical (unpaired) electrons. The summed E-state index contributed by atoms with van der Waals surface area (Å²) in [5.41, 5.74) is 7.93. The van der Waals surface area contributed by atoms with Crippen LogP contribution in [0.3, 0.4) is 0 Å². The summed E-state index contributed by atoms with van der Waals surface area (Å²) < 4.78 is 5.75. The first-order valence-corrected chi connectivity index (χ1v) is 13.1. The van der Waals surface area contributed by atoms with Crippen LogP contribution >= 0.6 is 11.6 Å². The zero-order valence-electron chi connectivity index (χ0n) is 21.4. The van der Waals surface area contributed by atoms with Crippen molar-refractivity contribution in [3.63, 3.8) is 0 Å². The highest BCUT2D eigenvalue weighted by Crippen LogP contribution is 2.33. The van der Waals surface area contributed by atoms with Gasteiger partial charge in [-0.1, -0.05) is 67.1 Å². The maximum Gasteiger partial charge on any atom is 0.414 e. The van der Waals surface area contributed by atoms with Gasteiger partial charge in [-0.05, 0) is 60.7 Å². The van der Waals surface area contributed by atoms with Gasteiger partial charge in [-0.25, -0.2) is 4.79 Å². The molecule has 0 unspecified atom stereocenters. The second-order valence-electron chi connectivity index (χ2n) is 9.55. The van der Waals surface area contributed by atoms with Crippen LogP contribution in [0, 0.1) is 5.41 Å². The van der Waals surface area contributed by atoms with Crippen LogP contribution in [0.4, 0.5) is 10.5 Å². The zero-order valence-corrected chi connectivity index (χ0v) is 22.2. The molecule has 0 saturated carbocycles. The number of primary amides is 1. The third-order valence-corrected chi connectivity index (χ3v) is 7.55. The number of piperidine rings is 1. The molecule has 1 aliphatic rings. The Labute approximate surface area is 228 Å². The van der Waals surface area contributed by atoms with Gasteiger partial charge in [0.05, 0.1) is 12.0 Å². The van der Waals surface area contributed by atoms with E-state index in [0.29, 0.717) is 42.2 Å². The molecule has 0 aliphatic carbocycles. The van der Waals surface area contributed by atoms with Crippen molar-refractivity contribution < 1.29 is 19.1 Å². The maximum atomic E-state index is 13.4. The van der Waals surface area contributed by atoms with Crippen molar-refractivity contribution in [2.75, 3.05) is 24.6 Å². The molecule has 3 aromatic carbocycles. The lowest BCUT2D eigenvalue weighted by Gasteiger charge is -2.39. The van der Waals surface area contributed by atoms with E-state index in [2.05, 4.69) is 6.92 Å². The quantitative estimate of drug-likeness (QED) is 0.416. The van der Waals surface area contributed by atoms with Crippen molar-refractivity contribution in [2.24, 2.45) is 11.1 Å². The standard InChI is InChI=1S/C30H32ClN3O4/c1-2-22-12-14-25(15-13-22)34(20-24-10-6-7-11-26(24)31)29(37)38-21-30(28(32)36)16-18-33(19-17-30)27(35)23-8-4-3-5-9-23/h3-15H,2,16-21H2,1H3,(H2,32,36). The fraction of sp³-hybridized carbons (Fsp3) is 0.300. The molecule has 8 heteroatoms. The number of carbonyl (C=O) groups is 3. The molecule has 1 aliphatic heterocycles. The largest absolute Gasteiger partial charge is 0.448 e. The van der Waals surface area contributed by atoms with E-state index in [1.807, 2.05) is 60.7 Å². The minimum absolute atomic E-state index is 0.0953. The minimum atomic E-state index is -1.05. The SMILES string of the molecule is CCc1ccc(N(Cc2ccccc2Cl)C(=O)OCC2(C(N)=O)CCN(C(=O)c3ccccc3)CC2)cc1. The number of hydrogen-bond acceptors (Lipinski definition) is 4. The summed E-state index contributed by atoms with van der Waals surface area (Å²) in [5, 5.41) is 0.541. The van der Waals surface area contributed by atoms with Crippen molar-refractivity contribution in [1.82, 2.24) is 4.90 Å². The van der Waals surface area contributed by atoms with E-state index in [0.717, 1.165) is 17.5 Å². The number of aryl methyl sites for hydroxylation is 1. The van der Waals surface area contributed by atoms with Crippen LogP contribution in [0.2, 0.25) is 5.02 Å². The monoisotopic (exact) mass is 533 g/mol. The number of benzene rings is 3. The van der Waals surface area contributed by atoms with Gasteiger partial charge in [0.15, 0.2) is 0 Å². The van der Waals surface area contributed by atoms with Crippen LogP contribution in [0.5, 0.6) is 0 Å². The molecule has 1 saturated heterocycles. The highest BCUT2D eigenvalue weighted by molar-refractivity contribution is 6.31. The number of carbonyl (C=O) groups excluding carboxylic acids is 3. The molecule has 2 N–H and O–H groups in total. The summed E-state index contributed by atoms with van der Waals surface area (Å²) in [6, 6.07) is 24.0. The van der Waals surface area contributed by atoms with Gasteiger partial charge < -0.3 is 15.4 Å². The Bertz CT molecular complexity index is 1270. The van der Waals surface area contributed by atoms with Gasteiger partial charge in [0.25, 0.3) is 5.91 Å². The van der Waals surface area contributed by atoms with E-state index >= 15 is 0 Å². The maximum absolute atomic E-state index is 13.4.